The zero-order valence-electron chi connectivity index (χ0n) is 12.5. The first-order valence-corrected chi connectivity index (χ1v) is 7.90. The standard InChI is InChI=1S/C16H22N2O2S/c1-16(2,15-17-8-9-21-15)18-10-14(19)12-20-11-13-6-4-3-5-7-13/h3-9,14,18-19H,10-12H2,1-2H3. The van der Waals surface area contributed by atoms with Gasteiger partial charge < -0.3 is 15.2 Å². The number of aliphatic hydroxyl groups excluding tert-OH is 1. The molecule has 0 aliphatic rings. The van der Waals surface area contributed by atoms with Crippen LogP contribution in [0.25, 0.3) is 0 Å². The first kappa shape index (κ1) is 16.1. The van der Waals surface area contributed by atoms with Crippen LogP contribution in [0.1, 0.15) is 24.4 Å². The molecular formula is C16H22N2O2S. The highest BCUT2D eigenvalue weighted by molar-refractivity contribution is 7.09. The monoisotopic (exact) mass is 306 g/mol. The van der Waals surface area contributed by atoms with Gasteiger partial charge in [0.1, 0.15) is 5.01 Å². The first-order valence-electron chi connectivity index (χ1n) is 7.02. The summed E-state index contributed by atoms with van der Waals surface area (Å²) in [7, 11) is 0. The molecule has 1 aromatic heterocycles. The van der Waals surface area contributed by atoms with E-state index in [1.807, 2.05) is 35.7 Å². The number of rotatable bonds is 8. The maximum atomic E-state index is 9.98. The predicted octanol–water partition coefficient (Wildman–Crippen LogP) is 2.55. The molecule has 21 heavy (non-hydrogen) atoms. The largest absolute Gasteiger partial charge is 0.389 e. The van der Waals surface area contributed by atoms with Crippen LogP contribution in [-0.4, -0.2) is 29.3 Å². The van der Waals surface area contributed by atoms with Crippen molar-refractivity contribution in [3.05, 3.63) is 52.5 Å². The van der Waals surface area contributed by atoms with Crippen LogP contribution < -0.4 is 5.32 Å². The Balaban J connectivity index is 1.69. The van der Waals surface area contributed by atoms with Gasteiger partial charge in [-0.25, -0.2) is 4.98 Å². The lowest BCUT2D eigenvalue weighted by molar-refractivity contribution is 0.0256. The van der Waals surface area contributed by atoms with E-state index in [1.165, 1.54) is 0 Å². The number of benzene rings is 1. The SMILES string of the molecule is CC(C)(NCC(O)COCc1ccccc1)c1nccs1. The molecule has 2 N–H and O–H groups in total. The summed E-state index contributed by atoms with van der Waals surface area (Å²) in [6, 6.07) is 9.95. The second kappa shape index (κ2) is 7.66. The molecule has 1 atom stereocenters. The lowest BCUT2D eigenvalue weighted by atomic mass is 10.1. The van der Waals surface area contributed by atoms with Crippen molar-refractivity contribution in [1.29, 1.82) is 0 Å². The van der Waals surface area contributed by atoms with E-state index in [4.69, 9.17) is 4.74 Å². The molecule has 0 aliphatic heterocycles. The minimum atomic E-state index is -0.534. The fourth-order valence-electron chi connectivity index (χ4n) is 1.93. The molecule has 2 aromatic rings. The van der Waals surface area contributed by atoms with E-state index in [1.54, 1.807) is 17.5 Å². The lowest BCUT2D eigenvalue weighted by Crippen LogP contribution is -2.42. The molecule has 1 aromatic carbocycles. The van der Waals surface area contributed by atoms with Gasteiger partial charge in [0.2, 0.25) is 0 Å². The molecule has 0 saturated carbocycles. The molecule has 0 amide bonds. The Morgan fingerprint density at radius 3 is 2.76 bits per heavy atom. The summed E-state index contributed by atoms with van der Waals surface area (Å²) in [6.45, 7) is 5.43. The van der Waals surface area contributed by atoms with Crippen LogP contribution in [0.15, 0.2) is 41.9 Å². The van der Waals surface area contributed by atoms with Crippen LogP contribution in [0.2, 0.25) is 0 Å². The molecule has 114 valence electrons. The number of nitrogens with zero attached hydrogens (tertiary/aromatic N) is 1. The minimum absolute atomic E-state index is 0.241. The van der Waals surface area contributed by atoms with Crippen molar-refractivity contribution in [3.8, 4) is 0 Å². The van der Waals surface area contributed by atoms with Crippen molar-refractivity contribution in [2.75, 3.05) is 13.2 Å². The van der Waals surface area contributed by atoms with Gasteiger partial charge in [0.05, 0.1) is 24.9 Å². The van der Waals surface area contributed by atoms with Gasteiger partial charge in [-0.1, -0.05) is 30.3 Å². The highest BCUT2D eigenvalue weighted by Gasteiger charge is 2.23. The fourth-order valence-corrected chi connectivity index (χ4v) is 2.67. The van der Waals surface area contributed by atoms with E-state index in [-0.39, 0.29) is 5.54 Å². The maximum absolute atomic E-state index is 9.98. The van der Waals surface area contributed by atoms with Gasteiger partial charge in [0, 0.05) is 18.1 Å². The first-order chi connectivity index (χ1) is 10.1. The van der Waals surface area contributed by atoms with Crippen molar-refractivity contribution in [3.63, 3.8) is 0 Å². The third-order valence-corrected chi connectivity index (χ3v) is 4.27. The maximum Gasteiger partial charge on any atom is 0.112 e. The summed E-state index contributed by atoms with van der Waals surface area (Å²) in [5.41, 5.74) is 0.870. The normalized spacial score (nSPS) is 13.3. The number of hydrogen-bond donors (Lipinski definition) is 2. The van der Waals surface area contributed by atoms with E-state index in [0.717, 1.165) is 10.6 Å². The van der Waals surface area contributed by atoms with Crippen LogP contribution in [0, 0.1) is 0 Å². The highest BCUT2D eigenvalue weighted by atomic mass is 32.1. The Kier molecular flexibility index (Phi) is 5.87. The Hall–Kier alpha value is -1.27. The zero-order valence-corrected chi connectivity index (χ0v) is 13.3. The smallest absolute Gasteiger partial charge is 0.112 e. The molecule has 5 heteroatoms. The summed E-state index contributed by atoms with van der Waals surface area (Å²) in [6.07, 6.45) is 1.26. The highest BCUT2D eigenvalue weighted by Crippen LogP contribution is 2.21. The molecule has 0 saturated heterocycles. The van der Waals surface area contributed by atoms with Crippen molar-refractivity contribution in [2.24, 2.45) is 0 Å². The Bertz CT molecular complexity index is 514. The second-order valence-corrected chi connectivity index (χ2v) is 6.39. The Labute approximate surface area is 129 Å². The summed E-state index contributed by atoms with van der Waals surface area (Å²) in [5.74, 6) is 0. The summed E-state index contributed by atoms with van der Waals surface area (Å²) >= 11 is 1.61. The number of aromatic nitrogens is 1. The van der Waals surface area contributed by atoms with E-state index in [2.05, 4.69) is 24.1 Å². The molecular weight excluding hydrogens is 284 g/mol. The number of hydrogen-bond acceptors (Lipinski definition) is 5. The topological polar surface area (TPSA) is 54.4 Å². The molecule has 1 heterocycles. The van der Waals surface area contributed by atoms with Crippen LogP contribution in [0.5, 0.6) is 0 Å². The average Bonchev–Trinajstić information content (AvgIpc) is 3.01. The number of nitrogens with one attached hydrogen (secondary N) is 1. The van der Waals surface area contributed by atoms with Gasteiger partial charge in [-0.05, 0) is 19.4 Å². The van der Waals surface area contributed by atoms with Crippen molar-refractivity contribution in [1.82, 2.24) is 10.3 Å². The molecule has 1 unspecified atom stereocenters. The van der Waals surface area contributed by atoms with Crippen LogP contribution in [0.4, 0.5) is 0 Å². The van der Waals surface area contributed by atoms with Gasteiger partial charge in [0.25, 0.3) is 0 Å². The fraction of sp³-hybridized carbons (Fsp3) is 0.438. The van der Waals surface area contributed by atoms with Crippen molar-refractivity contribution in [2.45, 2.75) is 32.1 Å². The molecule has 0 radical (unpaired) electrons. The molecule has 4 nitrogen and oxygen atoms in total. The minimum Gasteiger partial charge on any atom is -0.389 e. The van der Waals surface area contributed by atoms with Gasteiger partial charge >= 0.3 is 0 Å². The molecule has 0 fully saturated rings. The Morgan fingerprint density at radius 1 is 1.33 bits per heavy atom. The number of aliphatic hydroxyl groups is 1. The second-order valence-electron chi connectivity index (χ2n) is 5.50. The third kappa shape index (κ3) is 5.21. The quantitative estimate of drug-likeness (QED) is 0.787. The van der Waals surface area contributed by atoms with Gasteiger partial charge in [0.15, 0.2) is 0 Å². The zero-order chi connectivity index (χ0) is 15.1. The molecule has 2 rings (SSSR count). The molecule has 0 aliphatic carbocycles. The van der Waals surface area contributed by atoms with Crippen molar-refractivity contribution < 1.29 is 9.84 Å². The van der Waals surface area contributed by atoms with Gasteiger partial charge in [-0.3, -0.25) is 0 Å². The van der Waals surface area contributed by atoms with E-state index in [0.29, 0.717) is 19.8 Å². The van der Waals surface area contributed by atoms with Crippen LogP contribution >= 0.6 is 11.3 Å². The van der Waals surface area contributed by atoms with Gasteiger partial charge in [-0.15, -0.1) is 11.3 Å². The predicted molar refractivity (Wildman–Crippen MR) is 85.2 cm³/mol. The Morgan fingerprint density at radius 2 is 2.10 bits per heavy atom. The van der Waals surface area contributed by atoms with Crippen LogP contribution in [0.3, 0.4) is 0 Å². The van der Waals surface area contributed by atoms with E-state index < -0.39 is 6.10 Å². The van der Waals surface area contributed by atoms with Crippen LogP contribution in [-0.2, 0) is 16.9 Å². The van der Waals surface area contributed by atoms with Gasteiger partial charge in [-0.2, -0.15) is 0 Å². The van der Waals surface area contributed by atoms with E-state index >= 15 is 0 Å². The molecule has 0 bridgehead atoms. The average molecular weight is 306 g/mol. The third-order valence-electron chi connectivity index (χ3n) is 3.17. The lowest BCUT2D eigenvalue weighted by Gasteiger charge is -2.25. The number of thiazole rings is 1. The number of ether oxygens (including phenoxy) is 1. The summed E-state index contributed by atoms with van der Waals surface area (Å²) in [4.78, 5) is 4.31. The van der Waals surface area contributed by atoms with E-state index in [9.17, 15) is 5.11 Å². The summed E-state index contributed by atoms with van der Waals surface area (Å²) < 4.78 is 5.53. The summed E-state index contributed by atoms with van der Waals surface area (Å²) in [5, 5.41) is 16.3. The van der Waals surface area contributed by atoms with Crippen molar-refractivity contribution >= 4 is 11.3 Å². The molecule has 0 spiro atoms.